The second-order valence-electron chi connectivity index (χ2n) is 10.8. The van der Waals surface area contributed by atoms with Gasteiger partial charge in [-0.25, -0.2) is 12.8 Å². The van der Waals surface area contributed by atoms with Crippen LogP contribution in [0.1, 0.15) is 10.9 Å². The number of nitrogens with zero attached hydrogens (tertiary/aromatic N) is 5. The number of H-pyrrole nitrogens is 2. The zero-order valence-corrected chi connectivity index (χ0v) is 24.8. The Morgan fingerprint density at radius 1 is 1.00 bits per heavy atom. The molecule has 12 nitrogen and oxygen atoms in total. The Labute approximate surface area is 251 Å². The number of amides is 1. The minimum absolute atomic E-state index is 0.131. The summed E-state index contributed by atoms with van der Waals surface area (Å²) in [6, 6.07) is 11.3. The van der Waals surface area contributed by atoms with Gasteiger partial charge in [0.05, 0.1) is 47.2 Å². The van der Waals surface area contributed by atoms with Crippen molar-refractivity contribution in [3.63, 3.8) is 0 Å². The van der Waals surface area contributed by atoms with E-state index in [1.54, 1.807) is 41.8 Å². The first-order chi connectivity index (χ1) is 21.0. The van der Waals surface area contributed by atoms with Crippen LogP contribution in [0.2, 0.25) is 0 Å². The minimum Gasteiger partial charge on any atom is -0.353 e. The Hall–Kier alpha value is -5.05. The number of nitrogens with one attached hydrogen (secondary N) is 3. The number of halogens is 1. The van der Waals surface area contributed by atoms with Crippen LogP contribution in [0.15, 0.2) is 67.3 Å². The zero-order chi connectivity index (χ0) is 31.2. The molecule has 6 rings (SSSR count). The molecule has 44 heavy (non-hydrogen) atoms. The molecule has 0 aliphatic rings. The first-order valence-electron chi connectivity index (χ1n) is 13.4. The van der Waals surface area contributed by atoms with Crippen LogP contribution in [-0.2, 0) is 14.6 Å². The van der Waals surface area contributed by atoms with Crippen LogP contribution < -0.4 is 11.1 Å². The highest BCUT2D eigenvalue weighted by Gasteiger charge is 2.21. The fourth-order valence-electron chi connectivity index (χ4n) is 4.99. The van der Waals surface area contributed by atoms with E-state index in [0.29, 0.717) is 50.5 Å². The van der Waals surface area contributed by atoms with E-state index in [2.05, 4.69) is 35.5 Å². The van der Waals surface area contributed by atoms with Gasteiger partial charge in [0.25, 0.3) is 0 Å². The number of sulfone groups is 1. The molecule has 0 aliphatic carbocycles. The summed E-state index contributed by atoms with van der Waals surface area (Å²) in [7, 11) is -0.0229. The topological polar surface area (TPSA) is 176 Å². The lowest BCUT2D eigenvalue weighted by Crippen LogP contribution is -2.27. The van der Waals surface area contributed by atoms with Gasteiger partial charge in [-0.05, 0) is 62.1 Å². The standard InChI is InChI=1S/C30H28FN9O3S/c1-40(2)15-27(41)36-20-9-18(12-33-13-20)24-10-22-26(14-35-24)38-39-29(22)25-11-21-23(37-25)4-5-34-28(21)16-6-17(8-19(31)7-16)30(32)44(3,42)43/h4-14,30,37H,15,32H2,1-3H3,(H,36,41)(H,38,39). The molecule has 1 unspecified atom stereocenters. The van der Waals surface area contributed by atoms with Gasteiger partial charge in [0.1, 0.15) is 16.9 Å². The Kier molecular flexibility index (Phi) is 7.41. The first kappa shape index (κ1) is 29.0. The summed E-state index contributed by atoms with van der Waals surface area (Å²) in [5.74, 6) is -0.782. The molecule has 5 heterocycles. The summed E-state index contributed by atoms with van der Waals surface area (Å²) in [5.41, 5.74) is 11.5. The Balaban J connectivity index is 1.39. The average molecular weight is 614 g/mol. The number of carbonyl (C=O) groups excluding carboxylic acids is 1. The molecule has 0 radical (unpaired) electrons. The minimum atomic E-state index is -3.65. The van der Waals surface area contributed by atoms with Crippen molar-refractivity contribution in [3.8, 4) is 33.9 Å². The number of hydrogen-bond donors (Lipinski definition) is 4. The van der Waals surface area contributed by atoms with Gasteiger partial charge >= 0.3 is 0 Å². The van der Waals surface area contributed by atoms with E-state index in [9.17, 15) is 17.6 Å². The quantitative estimate of drug-likeness (QED) is 0.199. The van der Waals surface area contributed by atoms with Crippen LogP contribution in [0, 0.1) is 5.82 Å². The van der Waals surface area contributed by atoms with Crippen molar-refractivity contribution in [2.75, 3.05) is 32.2 Å². The number of aromatic amines is 2. The number of aromatic nitrogens is 6. The van der Waals surface area contributed by atoms with Crippen LogP contribution >= 0.6 is 0 Å². The van der Waals surface area contributed by atoms with E-state index in [1.807, 2.05) is 26.2 Å². The van der Waals surface area contributed by atoms with E-state index >= 15 is 0 Å². The van der Waals surface area contributed by atoms with Crippen molar-refractivity contribution in [2.24, 2.45) is 5.73 Å². The summed E-state index contributed by atoms with van der Waals surface area (Å²) < 4.78 is 38.7. The largest absolute Gasteiger partial charge is 0.353 e. The number of nitrogens with two attached hydrogens (primary N) is 1. The monoisotopic (exact) mass is 613 g/mol. The second-order valence-corrected chi connectivity index (χ2v) is 12.9. The highest BCUT2D eigenvalue weighted by atomic mass is 32.2. The molecule has 0 saturated heterocycles. The molecule has 1 aromatic carbocycles. The van der Waals surface area contributed by atoms with Crippen LogP contribution in [0.3, 0.4) is 0 Å². The summed E-state index contributed by atoms with van der Waals surface area (Å²) >= 11 is 0. The molecule has 1 atom stereocenters. The smallest absolute Gasteiger partial charge is 0.238 e. The first-order valence-corrected chi connectivity index (χ1v) is 15.4. The maximum atomic E-state index is 14.6. The number of benzene rings is 1. The fourth-order valence-corrected chi connectivity index (χ4v) is 5.62. The molecule has 0 bridgehead atoms. The van der Waals surface area contributed by atoms with Gasteiger partial charge in [-0.2, -0.15) is 5.10 Å². The van der Waals surface area contributed by atoms with Crippen molar-refractivity contribution < 1.29 is 17.6 Å². The third-order valence-corrected chi connectivity index (χ3v) is 8.21. The number of hydrogen-bond acceptors (Lipinski definition) is 9. The van der Waals surface area contributed by atoms with E-state index in [4.69, 9.17) is 5.73 Å². The van der Waals surface area contributed by atoms with Gasteiger partial charge in [-0.3, -0.25) is 24.8 Å². The molecule has 0 spiro atoms. The number of pyridine rings is 3. The molecule has 0 saturated carbocycles. The molecule has 0 fully saturated rings. The van der Waals surface area contributed by atoms with E-state index in [1.165, 1.54) is 12.1 Å². The molecular formula is C30H28FN9O3S. The van der Waals surface area contributed by atoms with Gasteiger partial charge in [0, 0.05) is 46.1 Å². The molecule has 224 valence electrons. The molecular weight excluding hydrogens is 585 g/mol. The van der Waals surface area contributed by atoms with Gasteiger partial charge in [0.15, 0.2) is 9.84 Å². The lowest BCUT2D eigenvalue weighted by Gasteiger charge is -2.12. The fraction of sp³-hybridized carbons (Fsp3) is 0.167. The average Bonchev–Trinajstić information content (AvgIpc) is 3.59. The molecule has 5 N–H and O–H groups in total. The third kappa shape index (κ3) is 5.77. The van der Waals surface area contributed by atoms with E-state index < -0.39 is 21.0 Å². The van der Waals surface area contributed by atoms with Gasteiger partial charge < -0.3 is 20.9 Å². The van der Waals surface area contributed by atoms with Crippen molar-refractivity contribution >= 4 is 43.2 Å². The zero-order valence-electron chi connectivity index (χ0n) is 24.0. The summed E-state index contributed by atoms with van der Waals surface area (Å²) in [6.45, 7) is 0.239. The Morgan fingerprint density at radius 3 is 2.57 bits per heavy atom. The van der Waals surface area contributed by atoms with Gasteiger partial charge in [-0.15, -0.1) is 0 Å². The van der Waals surface area contributed by atoms with E-state index in [-0.39, 0.29) is 18.0 Å². The van der Waals surface area contributed by atoms with Crippen LogP contribution in [0.25, 0.3) is 55.7 Å². The van der Waals surface area contributed by atoms with E-state index in [0.717, 1.165) is 23.2 Å². The predicted molar refractivity (Wildman–Crippen MR) is 167 cm³/mol. The number of likely N-dealkylation sites (N-methyl/N-ethyl adjacent to an activating group) is 1. The lowest BCUT2D eigenvalue weighted by molar-refractivity contribution is -0.116. The second kappa shape index (κ2) is 11.2. The molecule has 5 aromatic heterocycles. The van der Waals surface area contributed by atoms with Crippen molar-refractivity contribution in [1.29, 1.82) is 0 Å². The number of rotatable bonds is 8. The summed E-state index contributed by atoms with van der Waals surface area (Å²) in [6.07, 6.45) is 7.51. The van der Waals surface area contributed by atoms with Crippen molar-refractivity contribution in [2.45, 2.75) is 5.37 Å². The molecule has 14 heteroatoms. The van der Waals surface area contributed by atoms with Crippen LogP contribution in [0.4, 0.5) is 10.1 Å². The highest BCUT2D eigenvalue weighted by molar-refractivity contribution is 7.90. The maximum absolute atomic E-state index is 14.6. The van der Waals surface area contributed by atoms with Crippen LogP contribution in [0.5, 0.6) is 0 Å². The Bertz CT molecular complexity index is 2160. The normalized spacial score (nSPS) is 12.7. The number of carbonyl (C=O) groups is 1. The molecule has 0 aliphatic heterocycles. The summed E-state index contributed by atoms with van der Waals surface area (Å²) in [4.78, 5) is 30.7. The Morgan fingerprint density at radius 2 is 1.80 bits per heavy atom. The summed E-state index contributed by atoms with van der Waals surface area (Å²) in [5, 5.41) is 10.5. The SMILES string of the molecule is CN(C)CC(=O)Nc1cncc(-c2cc3c(-c4cc5c(-c6cc(F)cc(C(N)S(C)(=O)=O)c6)nccc5[nH]4)n[nH]c3cn2)c1. The number of fused-ring (bicyclic) bond motifs is 2. The third-order valence-electron chi connectivity index (χ3n) is 7.01. The highest BCUT2D eigenvalue weighted by Crippen LogP contribution is 2.35. The molecule has 6 aromatic rings. The lowest BCUT2D eigenvalue weighted by atomic mass is 10.0. The van der Waals surface area contributed by atoms with Crippen molar-refractivity contribution in [1.82, 2.24) is 35.0 Å². The molecule has 1 amide bonds. The van der Waals surface area contributed by atoms with Gasteiger partial charge in [0.2, 0.25) is 5.91 Å². The van der Waals surface area contributed by atoms with Gasteiger partial charge in [-0.1, -0.05) is 0 Å². The maximum Gasteiger partial charge on any atom is 0.238 e. The van der Waals surface area contributed by atoms with Crippen LogP contribution in [-0.4, -0.2) is 76.3 Å². The van der Waals surface area contributed by atoms with Crippen molar-refractivity contribution in [3.05, 3.63) is 78.6 Å². The number of anilines is 1. The predicted octanol–water partition coefficient (Wildman–Crippen LogP) is 3.87.